The molecule has 1 fully saturated rings. The van der Waals surface area contributed by atoms with Gasteiger partial charge in [-0.15, -0.1) is 0 Å². The molecule has 0 spiro atoms. The Balaban J connectivity index is 1.61. The van der Waals surface area contributed by atoms with Crippen LogP contribution < -0.4 is 4.72 Å². The number of halogens is 1. The van der Waals surface area contributed by atoms with Crippen molar-refractivity contribution < 1.29 is 17.6 Å². The summed E-state index contributed by atoms with van der Waals surface area (Å²) < 4.78 is 40.8. The standard InChI is InChI=1S/C20H23FN2O3S/c1-14-3-4-15(2)19(9-14)27(25,26)22-11-17-10-20(24)23(13-17)12-16-5-7-18(21)8-6-16/h3-9,17,22H,10-13H2,1-2H3/t17-/m1/s1. The summed E-state index contributed by atoms with van der Waals surface area (Å²) in [5.41, 5.74) is 2.41. The first-order valence-corrected chi connectivity index (χ1v) is 10.3. The second kappa shape index (κ2) is 7.78. The SMILES string of the molecule is Cc1ccc(C)c(S(=O)(=O)NC[C@H]2CC(=O)N(Cc3ccc(F)cc3)C2)c1. The number of hydrogen-bond acceptors (Lipinski definition) is 3. The topological polar surface area (TPSA) is 66.5 Å². The molecule has 5 nitrogen and oxygen atoms in total. The van der Waals surface area contributed by atoms with Crippen molar-refractivity contribution in [1.82, 2.24) is 9.62 Å². The molecular formula is C20H23FN2O3S. The third kappa shape index (κ3) is 4.73. The van der Waals surface area contributed by atoms with Crippen molar-refractivity contribution in [2.45, 2.75) is 31.7 Å². The van der Waals surface area contributed by atoms with Crippen LogP contribution in [0.2, 0.25) is 0 Å². The van der Waals surface area contributed by atoms with Gasteiger partial charge in [-0.25, -0.2) is 17.5 Å². The zero-order valence-electron chi connectivity index (χ0n) is 15.4. The van der Waals surface area contributed by atoms with E-state index >= 15 is 0 Å². The smallest absolute Gasteiger partial charge is 0.240 e. The highest BCUT2D eigenvalue weighted by atomic mass is 32.2. The molecule has 1 saturated heterocycles. The third-order valence-corrected chi connectivity index (χ3v) is 6.34. The first-order valence-electron chi connectivity index (χ1n) is 8.84. The Morgan fingerprint density at radius 3 is 2.56 bits per heavy atom. The molecule has 1 amide bonds. The largest absolute Gasteiger partial charge is 0.338 e. The maximum absolute atomic E-state index is 13.0. The summed E-state index contributed by atoms with van der Waals surface area (Å²) >= 11 is 0. The van der Waals surface area contributed by atoms with Gasteiger partial charge >= 0.3 is 0 Å². The molecule has 2 aromatic rings. The lowest BCUT2D eigenvalue weighted by Crippen LogP contribution is -2.31. The van der Waals surface area contributed by atoms with Gasteiger partial charge in [-0.2, -0.15) is 0 Å². The highest BCUT2D eigenvalue weighted by Crippen LogP contribution is 2.21. The highest BCUT2D eigenvalue weighted by molar-refractivity contribution is 7.89. The van der Waals surface area contributed by atoms with Crippen molar-refractivity contribution in [1.29, 1.82) is 0 Å². The Kier molecular flexibility index (Phi) is 5.62. The van der Waals surface area contributed by atoms with Crippen molar-refractivity contribution in [3.05, 3.63) is 65.0 Å². The number of nitrogens with one attached hydrogen (secondary N) is 1. The Morgan fingerprint density at radius 2 is 1.85 bits per heavy atom. The van der Waals surface area contributed by atoms with Crippen molar-refractivity contribution in [2.75, 3.05) is 13.1 Å². The molecule has 7 heteroatoms. The van der Waals surface area contributed by atoms with E-state index in [2.05, 4.69) is 4.72 Å². The van der Waals surface area contributed by atoms with Gasteiger partial charge in [0.05, 0.1) is 4.90 Å². The van der Waals surface area contributed by atoms with Crippen molar-refractivity contribution >= 4 is 15.9 Å². The van der Waals surface area contributed by atoms with Gasteiger partial charge in [-0.05, 0) is 54.7 Å². The van der Waals surface area contributed by atoms with Gasteiger partial charge in [0.1, 0.15) is 5.82 Å². The van der Waals surface area contributed by atoms with Crippen LogP contribution in [0.5, 0.6) is 0 Å². The fraction of sp³-hybridized carbons (Fsp3) is 0.350. The Hall–Kier alpha value is -2.25. The number of carbonyl (C=O) groups is 1. The van der Waals surface area contributed by atoms with E-state index in [1.165, 1.54) is 12.1 Å². The van der Waals surface area contributed by atoms with Crippen LogP contribution in [0.25, 0.3) is 0 Å². The maximum Gasteiger partial charge on any atom is 0.240 e. The van der Waals surface area contributed by atoms with Crippen molar-refractivity contribution in [2.24, 2.45) is 5.92 Å². The van der Waals surface area contributed by atoms with Crippen LogP contribution in [0, 0.1) is 25.6 Å². The van der Waals surface area contributed by atoms with Crippen LogP contribution in [0.4, 0.5) is 4.39 Å². The summed E-state index contributed by atoms with van der Waals surface area (Å²) in [5, 5.41) is 0. The van der Waals surface area contributed by atoms with Gasteiger partial charge in [-0.1, -0.05) is 24.3 Å². The van der Waals surface area contributed by atoms with E-state index < -0.39 is 10.0 Å². The molecule has 0 saturated carbocycles. The van der Waals surface area contributed by atoms with E-state index in [0.717, 1.165) is 11.1 Å². The first kappa shape index (κ1) is 19.5. The Bertz CT molecular complexity index is 942. The van der Waals surface area contributed by atoms with Gasteiger partial charge in [0, 0.05) is 26.1 Å². The number of hydrogen-bond donors (Lipinski definition) is 1. The first-order chi connectivity index (χ1) is 12.7. The van der Waals surface area contributed by atoms with Gasteiger partial charge in [0.25, 0.3) is 0 Å². The van der Waals surface area contributed by atoms with Crippen LogP contribution in [-0.2, 0) is 21.4 Å². The van der Waals surface area contributed by atoms with E-state index in [0.29, 0.717) is 25.1 Å². The number of carbonyl (C=O) groups excluding carboxylic acids is 1. The fourth-order valence-corrected chi connectivity index (χ4v) is 4.70. The van der Waals surface area contributed by atoms with Gasteiger partial charge < -0.3 is 4.90 Å². The van der Waals surface area contributed by atoms with Crippen LogP contribution in [-0.4, -0.2) is 32.3 Å². The van der Waals surface area contributed by atoms with Crippen LogP contribution in [0.15, 0.2) is 47.4 Å². The lowest BCUT2D eigenvalue weighted by molar-refractivity contribution is -0.128. The summed E-state index contributed by atoms with van der Waals surface area (Å²) in [7, 11) is -3.62. The average Bonchev–Trinajstić information content (AvgIpc) is 2.97. The lowest BCUT2D eigenvalue weighted by atomic mass is 10.1. The molecule has 0 bridgehead atoms. The van der Waals surface area contributed by atoms with E-state index in [9.17, 15) is 17.6 Å². The Morgan fingerprint density at radius 1 is 1.15 bits per heavy atom. The Labute approximate surface area is 159 Å². The molecule has 0 aliphatic carbocycles. The third-order valence-electron chi connectivity index (χ3n) is 4.78. The normalized spacial score (nSPS) is 17.5. The molecule has 0 radical (unpaired) electrons. The van der Waals surface area contributed by atoms with Gasteiger partial charge in [0.2, 0.25) is 15.9 Å². The molecule has 0 aromatic heterocycles. The van der Waals surface area contributed by atoms with Gasteiger partial charge in [0.15, 0.2) is 0 Å². The molecule has 1 N–H and O–H groups in total. The van der Waals surface area contributed by atoms with Crippen LogP contribution in [0.3, 0.4) is 0 Å². The molecule has 1 aliphatic rings. The number of nitrogens with zero attached hydrogens (tertiary/aromatic N) is 1. The molecule has 144 valence electrons. The number of aryl methyl sites for hydroxylation is 2. The fourth-order valence-electron chi connectivity index (χ4n) is 3.26. The highest BCUT2D eigenvalue weighted by Gasteiger charge is 2.30. The zero-order chi connectivity index (χ0) is 19.6. The number of benzene rings is 2. The minimum Gasteiger partial charge on any atom is -0.338 e. The summed E-state index contributed by atoms with van der Waals surface area (Å²) in [6.45, 7) is 4.70. The number of sulfonamides is 1. The minimum absolute atomic E-state index is 0.0183. The van der Waals surface area contributed by atoms with E-state index in [-0.39, 0.29) is 29.1 Å². The number of rotatable bonds is 6. The van der Waals surface area contributed by atoms with E-state index in [4.69, 9.17) is 0 Å². The molecule has 27 heavy (non-hydrogen) atoms. The van der Waals surface area contributed by atoms with Crippen molar-refractivity contribution in [3.63, 3.8) is 0 Å². The maximum atomic E-state index is 13.0. The molecular weight excluding hydrogens is 367 g/mol. The monoisotopic (exact) mass is 390 g/mol. The second-order valence-electron chi connectivity index (χ2n) is 7.09. The van der Waals surface area contributed by atoms with E-state index in [1.54, 1.807) is 36.1 Å². The predicted octanol–water partition coefficient (Wildman–Crippen LogP) is 2.77. The molecule has 1 heterocycles. The van der Waals surface area contributed by atoms with E-state index in [1.807, 2.05) is 13.0 Å². The second-order valence-corrected chi connectivity index (χ2v) is 8.83. The molecule has 0 unspecified atom stereocenters. The number of likely N-dealkylation sites (tertiary alicyclic amines) is 1. The zero-order valence-corrected chi connectivity index (χ0v) is 16.2. The van der Waals surface area contributed by atoms with Crippen LogP contribution >= 0.6 is 0 Å². The van der Waals surface area contributed by atoms with Gasteiger partial charge in [-0.3, -0.25) is 4.79 Å². The molecule has 1 atom stereocenters. The molecule has 2 aromatic carbocycles. The number of amides is 1. The summed E-state index contributed by atoms with van der Waals surface area (Å²) in [6.07, 6.45) is 0.302. The van der Waals surface area contributed by atoms with Crippen LogP contribution in [0.1, 0.15) is 23.1 Å². The minimum atomic E-state index is -3.62. The molecule has 3 rings (SSSR count). The molecule has 1 aliphatic heterocycles. The summed E-state index contributed by atoms with van der Waals surface area (Å²) in [4.78, 5) is 14.2. The summed E-state index contributed by atoms with van der Waals surface area (Å²) in [5.74, 6) is -0.418. The predicted molar refractivity (Wildman–Crippen MR) is 101 cm³/mol. The quantitative estimate of drug-likeness (QED) is 0.825. The summed E-state index contributed by atoms with van der Waals surface area (Å²) in [6, 6.07) is 11.3. The van der Waals surface area contributed by atoms with Crippen molar-refractivity contribution in [3.8, 4) is 0 Å². The lowest BCUT2D eigenvalue weighted by Gasteiger charge is -2.17. The average molecular weight is 390 g/mol.